The molecule has 1 fully saturated rings. The second kappa shape index (κ2) is 6.50. The highest BCUT2D eigenvalue weighted by Gasteiger charge is 2.27. The van der Waals surface area contributed by atoms with Gasteiger partial charge in [-0.05, 0) is 32.7 Å². The second-order valence-corrected chi connectivity index (χ2v) is 4.92. The highest BCUT2D eigenvalue weighted by molar-refractivity contribution is 5.18. The highest BCUT2D eigenvalue weighted by Crippen LogP contribution is 2.37. The number of hydrogen-bond donors (Lipinski definition) is 1. The van der Waals surface area contributed by atoms with Gasteiger partial charge in [-0.3, -0.25) is 0 Å². The zero-order chi connectivity index (χ0) is 12.8. The molecule has 0 saturated heterocycles. The summed E-state index contributed by atoms with van der Waals surface area (Å²) in [5.41, 5.74) is 2.43. The number of unbranched alkanes of at least 4 members (excludes halogenated alkanes) is 2. The van der Waals surface area contributed by atoms with E-state index in [4.69, 9.17) is 5.26 Å². The molecule has 5 heteroatoms. The molecule has 1 aromatic heterocycles. The van der Waals surface area contributed by atoms with Gasteiger partial charge >= 0.3 is 0 Å². The van der Waals surface area contributed by atoms with Gasteiger partial charge in [-0.1, -0.05) is 11.6 Å². The van der Waals surface area contributed by atoms with Gasteiger partial charge in [-0.15, -0.1) is 5.10 Å². The van der Waals surface area contributed by atoms with Crippen molar-refractivity contribution in [3.05, 3.63) is 11.4 Å². The van der Waals surface area contributed by atoms with Crippen LogP contribution in [0.25, 0.3) is 0 Å². The van der Waals surface area contributed by atoms with Gasteiger partial charge in [-0.25, -0.2) is 4.68 Å². The molecule has 1 N–H and O–H groups in total. The molecule has 0 bridgehead atoms. The Labute approximate surface area is 108 Å². The Bertz CT molecular complexity index is 414. The molecular weight excluding hydrogens is 226 g/mol. The molecule has 0 spiro atoms. The van der Waals surface area contributed by atoms with E-state index in [-0.39, 0.29) is 0 Å². The van der Waals surface area contributed by atoms with Crippen molar-refractivity contribution < 1.29 is 0 Å². The van der Waals surface area contributed by atoms with Crippen molar-refractivity contribution >= 4 is 0 Å². The summed E-state index contributed by atoms with van der Waals surface area (Å²) in [6.45, 7) is 1.69. The van der Waals surface area contributed by atoms with E-state index >= 15 is 0 Å². The number of nitriles is 1. The first-order valence-corrected chi connectivity index (χ1v) is 6.80. The molecule has 1 aliphatic carbocycles. The van der Waals surface area contributed by atoms with E-state index < -0.39 is 0 Å². The zero-order valence-electron chi connectivity index (χ0n) is 11.0. The fourth-order valence-corrected chi connectivity index (χ4v) is 2.41. The van der Waals surface area contributed by atoms with Crippen molar-refractivity contribution in [3.63, 3.8) is 0 Å². The third-order valence-electron chi connectivity index (χ3n) is 3.59. The van der Waals surface area contributed by atoms with Crippen LogP contribution in [0.2, 0.25) is 0 Å². The standard InChI is InChI=1S/C13H21N5/c1-15-10-12-13(11-6-5-7-11)18(17-16-12)9-4-2-3-8-14/h11,15H,2-7,9-10H2,1H3. The van der Waals surface area contributed by atoms with E-state index in [0.717, 1.165) is 31.6 Å². The summed E-state index contributed by atoms with van der Waals surface area (Å²) in [6.07, 6.45) is 6.45. The van der Waals surface area contributed by atoms with Crippen LogP contribution < -0.4 is 5.32 Å². The molecule has 0 atom stereocenters. The van der Waals surface area contributed by atoms with E-state index in [0.29, 0.717) is 12.3 Å². The lowest BCUT2D eigenvalue weighted by atomic mass is 9.82. The molecule has 18 heavy (non-hydrogen) atoms. The third-order valence-corrected chi connectivity index (χ3v) is 3.59. The van der Waals surface area contributed by atoms with E-state index in [1.807, 2.05) is 7.05 Å². The molecule has 1 heterocycles. The number of nitrogens with zero attached hydrogens (tertiary/aromatic N) is 4. The summed E-state index contributed by atoms with van der Waals surface area (Å²) in [7, 11) is 1.94. The van der Waals surface area contributed by atoms with Gasteiger partial charge in [-0.2, -0.15) is 5.26 Å². The number of hydrogen-bond acceptors (Lipinski definition) is 4. The van der Waals surface area contributed by atoms with E-state index in [1.54, 1.807) is 0 Å². The van der Waals surface area contributed by atoms with Crippen LogP contribution >= 0.6 is 0 Å². The Balaban J connectivity index is 2.01. The maximum Gasteiger partial charge on any atom is 0.0999 e. The van der Waals surface area contributed by atoms with Crippen molar-refractivity contribution in [2.75, 3.05) is 7.05 Å². The Morgan fingerprint density at radius 3 is 2.89 bits per heavy atom. The number of aromatic nitrogens is 3. The molecule has 2 rings (SSSR count). The molecule has 1 aliphatic rings. The molecule has 0 radical (unpaired) electrons. The second-order valence-electron chi connectivity index (χ2n) is 4.92. The van der Waals surface area contributed by atoms with Crippen LogP contribution in [0.3, 0.4) is 0 Å². The van der Waals surface area contributed by atoms with Crippen LogP contribution in [0.4, 0.5) is 0 Å². The summed E-state index contributed by atoms with van der Waals surface area (Å²) in [4.78, 5) is 0. The summed E-state index contributed by atoms with van der Waals surface area (Å²) in [6, 6.07) is 2.18. The molecule has 1 saturated carbocycles. The summed E-state index contributed by atoms with van der Waals surface area (Å²) in [5, 5.41) is 20.3. The molecule has 5 nitrogen and oxygen atoms in total. The first kappa shape index (κ1) is 13.0. The van der Waals surface area contributed by atoms with Gasteiger partial charge in [0.05, 0.1) is 17.5 Å². The van der Waals surface area contributed by atoms with Gasteiger partial charge in [0, 0.05) is 25.4 Å². The number of nitrogens with one attached hydrogen (secondary N) is 1. The Morgan fingerprint density at radius 2 is 2.28 bits per heavy atom. The van der Waals surface area contributed by atoms with Crippen LogP contribution in [-0.4, -0.2) is 22.0 Å². The van der Waals surface area contributed by atoms with E-state index in [2.05, 4.69) is 26.4 Å². The molecule has 0 amide bonds. The maximum atomic E-state index is 8.53. The number of rotatable bonds is 7. The summed E-state index contributed by atoms with van der Waals surface area (Å²) < 4.78 is 2.06. The predicted molar refractivity (Wildman–Crippen MR) is 68.8 cm³/mol. The molecule has 98 valence electrons. The Hall–Kier alpha value is -1.41. The number of aryl methyl sites for hydroxylation is 1. The topological polar surface area (TPSA) is 66.5 Å². The van der Waals surface area contributed by atoms with Crippen molar-refractivity contribution in [1.29, 1.82) is 5.26 Å². The fourth-order valence-electron chi connectivity index (χ4n) is 2.41. The molecular formula is C13H21N5. The lowest BCUT2D eigenvalue weighted by Gasteiger charge is -2.26. The largest absolute Gasteiger partial charge is 0.314 e. The Morgan fingerprint density at radius 1 is 1.44 bits per heavy atom. The minimum atomic E-state index is 0.636. The lowest BCUT2D eigenvalue weighted by Crippen LogP contribution is -2.18. The first-order valence-electron chi connectivity index (χ1n) is 6.80. The summed E-state index contributed by atoms with van der Waals surface area (Å²) in [5.74, 6) is 0.652. The average molecular weight is 247 g/mol. The molecule has 0 aromatic carbocycles. The zero-order valence-corrected chi connectivity index (χ0v) is 11.0. The van der Waals surface area contributed by atoms with Crippen LogP contribution in [0.5, 0.6) is 0 Å². The van der Waals surface area contributed by atoms with Crippen molar-refractivity contribution in [3.8, 4) is 6.07 Å². The fraction of sp³-hybridized carbons (Fsp3) is 0.769. The van der Waals surface area contributed by atoms with Crippen molar-refractivity contribution in [1.82, 2.24) is 20.3 Å². The molecule has 0 aliphatic heterocycles. The van der Waals surface area contributed by atoms with Gasteiger partial charge in [0.15, 0.2) is 0 Å². The van der Waals surface area contributed by atoms with Gasteiger partial charge in [0.25, 0.3) is 0 Å². The Kier molecular flexibility index (Phi) is 4.71. The van der Waals surface area contributed by atoms with Crippen molar-refractivity contribution in [2.24, 2.45) is 0 Å². The van der Waals surface area contributed by atoms with Crippen LogP contribution in [0.1, 0.15) is 55.8 Å². The van der Waals surface area contributed by atoms with E-state index in [1.165, 1.54) is 25.0 Å². The minimum absolute atomic E-state index is 0.636. The van der Waals surface area contributed by atoms with E-state index in [9.17, 15) is 0 Å². The first-order chi connectivity index (χ1) is 8.86. The molecule has 1 aromatic rings. The van der Waals surface area contributed by atoms with Gasteiger partial charge < -0.3 is 5.32 Å². The van der Waals surface area contributed by atoms with Crippen LogP contribution in [-0.2, 0) is 13.1 Å². The SMILES string of the molecule is CNCc1nnn(CCCCC#N)c1C1CCC1. The quantitative estimate of drug-likeness (QED) is 0.748. The predicted octanol–water partition coefficient (Wildman–Crippen LogP) is 1.96. The van der Waals surface area contributed by atoms with Crippen LogP contribution in [0.15, 0.2) is 0 Å². The lowest BCUT2D eigenvalue weighted by molar-refractivity contribution is 0.381. The normalized spacial score (nSPS) is 15.3. The maximum absolute atomic E-state index is 8.53. The highest BCUT2D eigenvalue weighted by atomic mass is 15.4. The van der Waals surface area contributed by atoms with Crippen LogP contribution in [0, 0.1) is 11.3 Å². The third kappa shape index (κ3) is 2.88. The monoisotopic (exact) mass is 247 g/mol. The minimum Gasteiger partial charge on any atom is -0.314 e. The average Bonchev–Trinajstić information content (AvgIpc) is 2.67. The molecule has 0 unspecified atom stereocenters. The van der Waals surface area contributed by atoms with Gasteiger partial charge in [0.2, 0.25) is 0 Å². The smallest absolute Gasteiger partial charge is 0.0999 e. The van der Waals surface area contributed by atoms with Crippen molar-refractivity contribution in [2.45, 2.75) is 57.5 Å². The summed E-state index contributed by atoms with van der Waals surface area (Å²) >= 11 is 0. The van der Waals surface area contributed by atoms with Gasteiger partial charge in [0.1, 0.15) is 0 Å².